The monoisotopic (exact) mass is 251 g/mol. The SMILES string of the molecule is CC(CO)SCN1C(=O)c2ccccc2C1=O. The summed E-state index contributed by atoms with van der Waals surface area (Å²) in [5.74, 6) is -0.208. The van der Waals surface area contributed by atoms with Crippen LogP contribution in [0, 0.1) is 0 Å². The Morgan fingerprint density at radius 1 is 1.24 bits per heavy atom. The Bertz CT molecular complexity index is 426. The molecule has 17 heavy (non-hydrogen) atoms. The highest BCUT2D eigenvalue weighted by Crippen LogP contribution is 2.25. The first-order valence-electron chi connectivity index (χ1n) is 5.33. The third-order valence-electron chi connectivity index (χ3n) is 2.62. The maximum absolute atomic E-state index is 11.9. The normalized spacial score (nSPS) is 16.2. The Kier molecular flexibility index (Phi) is 3.49. The van der Waals surface area contributed by atoms with Crippen LogP contribution >= 0.6 is 11.8 Å². The van der Waals surface area contributed by atoms with Crippen LogP contribution in [-0.4, -0.2) is 39.6 Å². The van der Waals surface area contributed by atoms with E-state index in [4.69, 9.17) is 5.11 Å². The summed E-state index contributed by atoms with van der Waals surface area (Å²) in [5.41, 5.74) is 0.935. The van der Waals surface area contributed by atoms with E-state index in [9.17, 15) is 9.59 Å². The van der Waals surface area contributed by atoms with Gasteiger partial charge in [-0.2, -0.15) is 0 Å². The summed E-state index contributed by atoms with van der Waals surface area (Å²) in [5, 5.41) is 8.92. The lowest BCUT2D eigenvalue weighted by Crippen LogP contribution is -2.30. The van der Waals surface area contributed by atoms with Gasteiger partial charge in [-0.05, 0) is 12.1 Å². The number of thioether (sulfide) groups is 1. The summed E-state index contributed by atoms with van der Waals surface area (Å²) in [6.07, 6.45) is 0. The molecule has 0 spiro atoms. The molecule has 1 atom stereocenters. The van der Waals surface area contributed by atoms with Crippen molar-refractivity contribution in [3.8, 4) is 0 Å². The van der Waals surface area contributed by atoms with Crippen LogP contribution in [0.2, 0.25) is 0 Å². The topological polar surface area (TPSA) is 57.6 Å². The summed E-state index contributed by atoms with van der Waals surface area (Å²) in [6.45, 7) is 1.89. The summed E-state index contributed by atoms with van der Waals surface area (Å²) in [7, 11) is 0. The van der Waals surface area contributed by atoms with Crippen LogP contribution in [0.5, 0.6) is 0 Å². The molecule has 1 aromatic carbocycles. The molecule has 2 amide bonds. The van der Waals surface area contributed by atoms with Crippen molar-refractivity contribution in [3.63, 3.8) is 0 Å². The van der Waals surface area contributed by atoms with Crippen LogP contribution in [0.4, 0.5) is 0 Å². The Balaban J connectivity index is 2.13. The molecule has 90 valence electrons. The molecule has 1 aliphatic heterocycles. The lowest BCUT2D eigenvalue weighted by atomic mass is 10.1. The molecule has 4 nitrogen and oxygen atoms in total. The zero-order valence-corrected chi connectivity index (χ0v) is 10.2. The fourth-order valence-corrected chi connectivity index (χ4v) is 2.35. The molecule has 0 saturated heterocycles. The minimum Gasteiger partial charge on any atom is -0.395 e. The highest BCUT2D eigenvalue weighted by molar-refractivity contribution is 7.99. The average Bonchev–Trinajstić information content (AvgIpc) is 2.60. The Morgan fingerprint density at radius 3 is 2.24 bits per heavy atom. The number of hydrogen-bond donors (Lipinski definition) is 1. The van der Waals surface area contributed by atoms with E-state index >= 15 is 0 Å². The number of fused-ring (bicyclic) bond motifs is 1. The van der Waals surface area contributed by atoms with Crippen molar-refractivity contribution in [2.24, 2.45) is 0 Å². The lowest BCUT2D eigenvalue weighted by molar-refractivity contribution is 0.0683. The first-order chi connectivity index (χ1) is 8.15. The summed E-state index contributed by atoms with van der Waals surface area (Å²) in [6, 6.07) is 6.82. The number of aliphatic hydroxyl groups excluding tert-OH is 1. The molecule has 1 N–H and O–H groups in total. The number of aliphatic hydroxyl groups is 1. The second kappa shape index (κ2) is 4.89. The van der Waals surface area contributed by atoms with Gasteiger partial charge in [0.2, 0.25) is 0 Å². The zero-order valence-electron chi connectivity index (χ0n) is 9.42. The van der Waals surface area contributed by atoms with Crippen molar-refractivity contribution in [1.29, 1.82) is 0 Å². The van der Waals surface area contributed by atoms with E-state index in [-0.39, 0.29) is 29.5 Å². The van der Waals surface area contributed by atoms with Gasteiger partial charge in [0.15, 0.2) is 0 Å². The minimum absolute atomic E-state index is 0.0133. The van der Waals surface area contributed by atoms with Gasteiger partial charge in [-0.25, -0.2) is 0 Å². The van der Waals surface area contributed by atoms with Crippen molar-refractivity contribution in [2.45, 2.75) is 12.2 Å². The highest BCUT2D eigenvalue weighted by atomic mass is 32.2. The predicted octanol–water partition coefficient (Wildman–Crippen LogP) is 1.35. The summed E-state index contributed by atoms with van der Waals surface area (Å²) >= 11 is 1.39. The van der Waals surface area contributed by atoms with Gasteiger partial charge in [-0.1, -0.05) is 19.1 Å². The quantitative estimate of drug-likeness (QED) is 0.821. The van der Waals surface area contributed by atoms with Gasteiger partial charge in [-0.15, -0.1) is 11.8 Å². The molecule has 0 saturated carbocycles. The van der Waals surface area contributed by atoms with Gasteiger partial charge in [0.1, 0.15) is 0 Å². The fourth-order valence-electron chi connectivity index (χ4n) is 1.61. The molecule has 1 aliphatic rings. The molecule has 0 fully saturated rings. The van der Waals surface area contributed by atoms with Crippen molar-refractivity contribution in [3.05, 3.63) is 35.4 Å². The van der Waals surface area contributed by atoms with Gasteiger partial charge in [0.25, 0.3) is 11.8 Å². The van der Waals surface area contributed by atoms with Crippen LogP contribution in [0.25, 0.3) is 0 Å². The molecule has 2 rings (SSSR count). The molecule has 1 aromatic rings. The standard InChI is InChI=1S/C12H13NO3S/c1-8(6-14)17-7-13-11(15)9-4-2-3-5-10(9)12(13)16/h2-5,8,14H,6-7H2,1H3. The zero-order chi connectivity index (χ0) is 12.4. The van der Waals surface area contributed by atoms with Gasteiger partial charge in [-0.3, -0.25) is 14.5 Å². The van der Waals surface area contributed by atoms with Crippen LogP contribution in [0.15, 0.2) is 24.3 Å². The molecular formula is C12H13NO3S. The number of carbonyl (C=O) groups excluding carboxylic acids is 2. The largest absolute Gasteiger partial charge is 0.395 e. The first-order valence-corrected chi connectivity index (χ1v) is 6.37. The van der Waals surface area contributed by atoms with E-state index in [0.717, 1.165) is 0 Å². The van der Waals surface area contributed by atoms with Crippen molar-refractivity contribution >= 4 is 23.6 Å². The van der Waals surface area contributed by atoms with Crippen molar-refractivity contribution in [1.82, 2.24) is 4.90 Å². The molecule has 0 aromatic heterocycles. The lowest BCUT2D eigenvalue weighted by Gasteiger charge is -2.15. The van der Waals surface area contributed by atoms with Crippen LogP contribution in [-0.2, 0) is 0 Å². The first kappa shape index (κ1) is 12.1. The van der Waals surface area contributed by atoms with Gasteiger partial charge >= 0.3 is 0 Å². The van der Waals surface area contributed by atoms with Gasteiger partial charge < -0.3 is 5.11 Å². The van der Waals surface area contributed by atoms with Crippen molar-refractivity contribution in [2.75, 3.05) is 12.5 Å². The van der Waals surface area contributed by atoms with E-state index < -0.39 is 0 Å². The van der Waals surface area contributed by atoms with Gasteiger partial charge in [0, 0.05) is 5.25 Å². The van der Waals surface area contributed by atoms with E-state index in [1.807, 2.05) is 6.92 Å². The number of benzene rings is 1. The Morgan fingerprint density at radius 2 is 1.76 bits per heavy atom. The average molecular weight is 251 g/mol. The second-order valence-corrected chi connectivity index (χ2v) is 5.27. The van der Waals surface area contributed by atoms with E-state index in [1.165, 1.54) is 16.7 Å². The third-order valence-corrected chi connectivity index (χ3v) is 3.75. The number of rotatable bonds is 4. The Labute approximate surface area is 104 Å². The molecule has 1 unspecified atom stereocenters. The van der Waals surface area contributed by atoms with Gasteiger partial charge in [0.05, 0.1) is 23.6 Å². The molecule has 0 aliphatic carbocycles. The Hall–Kier alpha value is -1.33. The number of imide groups is 1. The summed E-state index contributed by atoms with van der Waals surface area (Å²) in [4.78, 5) is 25.1. The van der Waals surface area contributed by atoms with E-state index in [0.29, 0.717) is 11.1 Å². The van der Waals surface area contributed by atoms with Crippen molar-refractivity contribution < 1.29 is 14.7 Å². The number of hydrogen-bond acceptors (Lipinski definition) is 4. The number of nitrogens with zero attached hydrogens (tertiary/aromatic N) is 1. The molecule has 0 radical (unpaired) electrons. The third kappa shape index (κ3) is 2.21. The van der Waals surface area contributed by atoms with E-state index in [1.54, 1.807) is 24.3 Å². The van der Waals surface area contributed by atoms with Crippen LogP contribution in [0.3, 0.4) is 0 Å². The van der Waals surface area contributed by atoms with E-state index in [2.05, 4.69) is 0 Å². The maximum atomic E-state index is 11.9. The maximum Gasteiger partial charge on any atom is 0.262 e. The molecule has 1 heterocycles. The number of carbonyl (C=O) groups is 2. The predicted molar refractivity (Wildman–Crippen MR) is 65.9 cm³/mol. The smallest absolute Gasteiger partial charge is 0.262 e. The van der Waals surface area contributed by atoms with Crippen LogP contribution < -0.4 is 0 Å². The molecule has 0 bridgehead atoms. The molecule has 5 heteroatoms. The second-order valence-electron chi connectivity index (χ2n) is 3.87. The highest BCUT2D eigenvalue weighted by Gasteiger charge is 2.34. The fraction of sp³-hybridized carbons (Fsp3) is 0.333. The number of amides is 2. The van der Waals surface area contributed by atoms with Crippen LogP contribution in [0.1, 0.15) is 27.6 Å². The molecular weight excluding hydrogens is 238 g/mol. The minimum atomic E-state index is -0.247. The summed E-state index contributed by atoms with van der Waals surface area (Å²) < 4.78 is 0.